The van der Waals surface area contributed by atoms with Crippen molar-refractivity contribution in [3.63, 3.8) is 0 Å². The summed E-state index contributed by atoms with van der Waals surface area (Å²) in [5.74, 6) is -155. The van der Waals surface area contributed by atoms with Crippen LogP contribution >= 0.6 is 0 Å². The summed E-state index contributed by atoms with van der Waals surface area (Å²) in [6, 6.07) is 0. The van der Waals surface area contributed by atoms with E-state index in [0.717, 1.165) is 4.98 Å². The summed E-state index contributed by atoms with van der Waals surface area (Å²) in [4.78, 5) is 9.90. The van der Waals surface area contributed by atoms with Crippen molar-refractivity contribution in [1.29, 1.82) is 0 Å². The number of aromatic amines is 3. The SMILES string of the molecule is OC1(c2c(F)c(F)c(F)c(F)c2F)C2=NC(=C(c3c(F)c(F)c(F)c(F)c3F)c3[nH]c(c(F)c3F)/C(c3c(F)c(F)c(F)c(F)c3F)=C3N=C(C(F)=C\3F)/C(c3c(F)c(F)c(F)c(F)c3F)=c3\[nH]c(c(F)c3F)=C(c3c(F)c(F)c(F)c(F)c3F)C3=N/C(=C(/c4c(F)c(F)c(F)c(F)c4F)c4[nH]c1c(F)c4F)C(F)=C3F)C(F)=C2F. The molecular formula is C66H4F42N6O. The minimum absolute atomic E-state index is 0.581. The third kappa shape index (κ3) is 10.7. The molecule has 0 fully saturated rings. The number of hydrogen-bond acceptors (Lipinski definition) is 4. The Morgan fingerprint density at radius 3 is 0.687 bits per heavy atom. The molecule has 4 N–H and O–H groups in total. The van der Waals surface area contributed by atoms with Crippen molar-refractivity contribution >= 4 is 45.0 Å². The molecular weight excluding hydrogens is 1690 g/mol. The molecule has 4 aliphatic heterocycles. The smallest absolute Gasteiger partial charge is 0.200 e. The Bertz CT molecular complexity index is 6440. The lowest BCUT2D eigenvalue weighted by molar-refractivity contribution is 0.132. The molecule has 0 radical (unpaired) electrons. The molecule has 0 aliphatic carbocycles. The Kier molecular flexibility index (Phi) is 18.9. The fourth-order valence-corrected chi connectivity index (χ4v) is 12.0. The zero-order chi connectivity index (χ0) is 85.3. The number of rotatable bonds is 6. The molecule has 1 atom stereocenters. The van der Waals surface area contributed by atoms with E-state index in [1.165, 1.54) is 0 Å². The van der Waals surface area contributed by atoms with Gasteiger partial charge in [-0.25, -0.2) is 199 Å². The second kappa shape index (κ2) is 27.0. The van der Waals surface area contributed by atoms with E-state index in [2.05, 4.69) is 15.0 Å². The second-order valence-electron chi connectivity index (χ2n) is 23.1. The van der Waals surface area contributed by atoms with Crippen molar-refractivity contribution in [1.82, 2.24) is 15.0 Å². The van der Waals surface area contributed by atoms with Crippen molar-refractivity contribution in [2.45, 2.75) is 5.60 Å². The van der Waals surface area contributed by atoms with E-state index in [9.17, 15) is 31.4 Å². The Labute approximate surface area is 597 Å². The molecule has 0 spiro atoms. The molecule has 13 rings (SSSR count). The van der Waals surface area contributed by atoms with E-state index in [1.807, 2.05) is 0 Å². The molecule has 7 heterocycles. The molecule has 4 aliphatic rings. The van der Waals surface area contributed by atoms with Crippen LogP contribution in [-0.2, 0) is 5.60 Å². The molecule has 1 unspecified atom stereocenters. The first-order valence-corrected chi connectivity index (χ1v) is 29.0. The third-order valence-electron chi connectivity index (χ3n) is 17.2. The monoisotopic (exact) mass is 1690 g/mol. The highest BCUT2D eigenvalue weighted by Gasteiger charge is 2.55. The highest BCUT2D eigenvalue weighted by molar-refractivity contribution is 6.34. The van der Waals surface area contributed by atoms with Crippen LogP contribution in [0.15, 0.2) is 67.0 Å². The molecule has 115 heavy (non-hydrogen) atoms. The van der Waals surface area contributed by atoms with E-state index < -0.39 is 379 Å². The molecule has 598 valence electrons. The van der Waals surface area contributed by atoms with Gasteiger partial charge in [0.1, 0.15) is 34.2 Å². The summed E-state index contributed by atoms with van der Waals surface area (Å²) in [6.45, 7) is 0. The number of aliphatic hydroxyl groups is 1. The maximum absolute atomic E-state index is 17.5. The van der Waals surface area contributed by atoms with Crippen molar-refractivity contribution in [2.24, 2.45) is 15.0 Å². The topological polar surface area (TPSA) is 105 Å². The van der Waals surface area contributed by atoms with Gasteiger partial charge in [-0.1, -0.05) is 0 Å². The van der Waals surface area contributed by atoms with Crippen molar-refractivity contribution < 1.29 is 190 Å². The normalized spacial score (nSPS) is 18.0. The predicted octanol–water partition coefficient (Wildman–Crippen LogP) is 18.8. The third-order valence-corrected chi connectivity index (χ3v) is 17.2. The number of allylic oxidation sites excluding steroid dienone is 5. The fraction of sp³-hybridized carbons (Fsp3) is 0.0152. The quantitative estimate of drug-likeness (QED) is 0.0743. The van der Waals surface area contributed by atoms with Gasteiger partial charge in [-0.05, 0) is 0 Å². The highest BCUT2D eigenvalue weighted by Crippen LogP contribution is 2.53. The van der Waals surface area contributed by atoms with E-state index in [4.69, 9.17) is 0 Å². The Morgan fingerprint density at radius 2 is 0.409 bits per heavy atom. The van der Waals surface area contributed by atoms with Crippen LogP contribution in [0.2, 0.25) is 0 Å². The number of nitrogens with zero attached hydrogens (tertiary/aromatic N) is 3. The predicted molar refractivity (Wildman–Crippen MR) is 295 cm³/mol. The Balaban J connectivity index is 1.39. The minimum Gasteiger partial charge on any atom is -0.373 e. The molecule has 0 saturated heterocycles. The number of aromatic nitrogens is 3. The van der Waals surface area contributed by atoms with Gasteiger partial charge in [-0.15, -0.1) is 0 Å². The minimum atomic E-state index is -6.24. The van der Waals surface area contributed by atoms with Crippen LogP contribution in [0, 0.1) is 209 Å². The van der Waals surface area contributed by atoms with Gasteiger partial charge in [0.2, 0.25) is 34.9 Å². The lowest BCUT2D eigenvalue weighted by atomic mass is 9.83. The molecule has 9 aromatic rings. The fourth-order valence-electron chi connectivity index (χ4n) is 12.0. The van der Waals surface area contributed by atoms with Gasteiger partial charge < -0.3 is 20.1 Å². The average Bonchev–Trinajstić information content (AvgIpc) is 1.54. The van der Waals surface area contributed by atoms with E-state index >= 15 is 158 Å². The van der Waals surface area contributed by atoms with Crippen LogP contribution in [-0.4, -0.2) is 37.2 Å². The largest absolute Gasteiger partial charge is 0.373 e. The molecule has 3 aromatic heterocycles. The summed E-state index contributed by atoms with van der Waals surface area (Å²) >= 11 is 0. The number of nitrogens with one attached hydrogen (secondary N) is 3. The van der Waals surface area contributed by atoms with Crippen LogP contribution in [0.1, 0.15) is 56.2 Å². The lowest BCUT2D eigenvalue weighted by Crippen LogP contribution is -2.41. The van der Waals surface area contributed by atoms with Gasteiger partial charge in [0.15, 0.2) is 215 Å². The number of aliphatic imine (C=N–C) groups is 3. The summed E-state index contributed by atoms with van der Waals surface area (Å²) in [5.41, 5.74) is -76.9. The van der Waals surface area contributed by atoms with E-state index in [1.54, 1.807) is 0 Å². The molecule has 12 bridgehead atoms. The van der Waals surface area contributed by atoms with Crippen LogP contribution in [0.3, 0.4) is 0 Å². The second-order valence-corrected chi connectivity index (χ2v) is 23.1. The molecule has 49 heteroatoms. The average molecular weight is 1690 g/mol. The van der Waals surface area contributed by atoms with Gasteiger partial charge in [-0.3, -0.25) is 0 Å². The Morgan fingerprint density at radius 1 is 0.191 bits per heavy atom. The van der Waals surface area contributed by atoms with Crippen molar-refractivity contribution in [2.75, 3.05) is 0 Å². The van der Waals surface area contributed by atoms with Crippen molar-refractivity contribution in [3.8, 4) is 0 Å². The number of hydrogen-bond donors (Lipinski definition) is 4. The van der Waals surface area contributed by atoms with E-state index in [0.29, 0.717) is 9.97 Å². The lowest BCUT2D eigenvalue weighted by Gasteiger charge is -2.29. The van der Waals surface area contributed by atoms with Crippen LogP contribution in [0.25, 0.3) is 27.9 Å². The van der Waals surface area contributed by atoms with Crippen molar-refractivity contribution in [3.05, 3.63) is 328 Å². The summed E-state index contributed by atoms with van der Waals surface area (Å²) in [5, 5.41) is 6.32. The van der Waals surface area contributed by atoms with Gasteiger partial charge >= 0.3 is 0 Å². The van der Waals surface area contributed by atoms with Gasteiger partial charge in [0, 0.05) is 27.9 Å². The summed E-state index contributed by atoms with van der Waals surface area (Å²) in [7, 11) is 0. The highest BCUT2D eigenvalue weighted by atomic mass is 19.2. The van der Waals surface area contributed by atoms with Crippen LogP contribution in [0.5, 0.6) is 0 Å². The number of halogens is 42. The number of benzene rings is 6. The maximum Gasteiger partial charge on any atom is 0.200 e. The molecule has 6 aromatic carbocycles. The van der Waals surface area contributed by atoms with Gasteiger partial charge in [0.25, 0.3) is 0 Å². The first-order chi connectivity index (χ1) is 53.5. The zero-order valence-corrected chi connectivity index (χ0v) is 52.2. The summed E-state index contributed by atoms with van der Waals surface area (Å²) in [6.07, 6.45) is 0. The number of H-pyrrole nitrogens is 3. The Hall–Kier alpha value is -12.6. The van der Waals surface area contributed by atoms with Gasteiger partial charge in [0.05, 0.1) is 66.9 Å². The number of fused-ring (bicyclic) bond motifs is 9. The standard InChI is InChI=1S/C66H4F42N6O/c67-12-1(13(68)25(80)36(91)24(12)79)6-54-42(97)44(99)56(109-54)7(2-14(69)26(81)37(92)27(82)15(2)70)58-46(101)48(103)60(111-58)9(4-18(73)30(85)39(94)31(86)19(4)74)62-50(105)52(107)64(113-62)66(115,11-22(77)34(89)41(96)35(90)23(11)78)65-53(108)51(106)63(114-65)10(5-20(75)32(87)40(95)33(88)21(5)76)61-49(104)47(102)59(112-61)8(57-45(100)43(98)55(6)110-57)3-16(71)28(83)38(93)29(84)17(3)72/h109,112-113,115H/b54-6-,56-7?,57-8-,60-9-,63-10?. The van der Waals surface area contributed by atoms with E-state index in [-0.39, 0.29) is 0 Å². The molecule has 0 saturated carbocycles. The first kappa shape index (κ1) is 80.4. The van der Waals surface area contributed by atoms with Crippen LogP contribution in [0.4, 0.5) is 184 Å². The summed E-state index contributed by atoms with van der Waals surface area (Å²) < 4.78 is 684. The molecule has 0 amide bonds. The zero-order valence-electron chi connectivity index (χ0n) is 52.2. The van der Waals surface area contributed by atoms with Crippen LogP contribution < -0.4 is 10.7 Å². The maximum atomic E-state index is 17.5. The molecule has 7 nitrogen and oxygen atoms in total. The first-order valence-electron chi connectivity index (χ1n) is 29.0. The van der Waals surface area contributed by atoms with Gasteiger partial charge in [-0.2, -0.15) is 0 Å².